The molecule has 0 saturated heterocycles. The van der Waals surface area contributed by atoms with Crippen LogP contribution in [0.4, 0.5) is 0 Å². The number of carboxylic acids is 1. The van der Waals surface area contributed by atoms with Gasteiger partial charge >= 0.3 is 5.97 Å². The molecule has 0 fully saturated rings. The van der Waals surface area contributed by atoms with E-state index in [4.69, 9.17) is 19.8 Å². The highest BCUT2D eigenvalue weighted by atomic mass is 16.5. The van der Waals surface area contributed by atoms with Gasteiger partial charge in [0.05, 0.1) is 22.8 Å². The fourth-order valence-electron chi connectivity index (χ4n) is 8.88. The molecule has 0 aliphatic rings. The largest absolute Gasteiger partial charge is 0.482 e. The van der Waals surface area contributed by atoms with Crippen molar-refractivity contribution in [1.82, 2.24) is 19.1 Å². The quantitative estimate of drug-likeness (QED) is 0.125. The van der Waals surface area contributed by atoms with Crippen LogP contribution in [0.3, 0.4) is 0 Å². The second-order valence-corrected chi connectivity index (χ2v) is 16.4. The summed E-state index contributed by atoms with van der Waals surface area (Å²) >= 11 is 0. The third kappa shape index (κ3) is 9.55. The number of aromatic nitrogens is 4. The van der Waals surface area contributed by atoms with Crippen LogP contribution >= 0.6 is 0 Å². The monoisotopic (exact) mass is 888 g/mol. The molecule has 334 valence electrons. The smallest absolute Gasteiger partial charge is 0.341 e. The van der Waals surface area contributed by atoms with Gasteiger partial charge in [-0.2, -0.15) is 0 Å². The van der Waals surface area contributed by atoms with Crippen LogP contribution in [0.15, 0.2) is 218 Å². The predicted molar refractivity (Wildman–Crippen MR) is 277 cm³/mol. The van der Waals surface area contributed by atoms with Crippen LogP contribution in [0, 0.1) is 6.92 Å². The lowest BCUT2D eigenvalue weighted by molar-refractivity contribution is -0.139. The van der Waals surface area contributed by atoms with E-state index in [0.717, 1.165) is 86.5 Å². The molecule has 0 amide bonds. The van der Waals surface area contributed by atoms with E-state index in [2.05, 4.69) is 175 Å². The fraction of sp³-hybridized carbons (Fsp3) is 0.0984. The molecule has 10 rings (SSSR count). The number of imidazole rings is 2. The zero-order valence-corrected chi connectivity index (χ0v) is 38.5. The van der Waals surface area contributed by atoms with Crippen LogP contribution in [0.2, 0.25) is 0 Å². The third-order valence-electron chi connectivity index (χ3n) is 11.9. The highest BCUT2D eigenvalue weighted by molar-refractivity contribution is 5.89. The Kier molecular flexibility index (Phi) is 13.6. The lowest BCUT2D eigenvalue weighted by Gasteiger charge is -2.14. The van der Waals surface area contributed by atoms with Crippen molar-refractivity contribution in [2.75, 3.05) is 6.61 Å². The molecular weight excluding hydrogens is 837 g/mol. The summed E-state index contributed by atoms with van der Waals surface area (Å²) in [6, 6.07) is 74.7. The van der Waals surface area contributed by atoms with Gasteiger partial charge in [0.2, 0.25) is 0 Å². The summed E-state index contributed by atoms with van der Waals surface area (Å²) in [4.78, 5) is 21.5. The van der Waals surface area contributed by atoms with Crippen molar-refractivity contribution >= 4 is 5.97 Å². The lowest BCUT2D eigenvalue weighted by Crippen LogP contribution is -2.09. The normalized spacial score (nSPS) is 10.9. The number of carboxylic acid groups (broad SMARTS) is 1. The first-order valence-electron chi connectivity index (χ1n) is 23.0. The van der Waals surface area contributed by atoms with Crippen molar-refractivity contribution in [1.29, 1.82) is 0 Å². The van der Waals surface area contributed by atoms with E-state index in [0.29, 0.717) is 5.75 Å². The second kappa shape index (κ2) is 20.7. The van der Waals surface area contributed by atoms with Gasteiger partial charge in [0.15, 0.2) is 6.61 Å². The molecule has 2 aromatic heterocycles. The third-order valence-corrected chi connectivity index (χ3v) is 11.9. The molecule has 2 heterocycles. The van der Waals surface area contributed by atoms with Gasteiger partial charge in [0.25, 0.3) is 0 Å². The van der Waals surface area contributed by atoms with Gasteiger partial charge in [0.1, 0.15) is 17.4 Å². The van der Waals surface area contributed by atoms with E-state index in [1.54, 1.807) is 6.07 Å². The minimum atomic E-state index is -1.01. The first kappa shape index (κ1) is 44.6. The average Bonchev–Trinajstić information content (AvgIpc) is 3.99. The molecule has 0 saturated carbocycles. The Balaban J connectivity index is 0.000000171. The van der Waals surface area contributed by atoms with E-state index in [1.165, 1.54) is 22.3 Å². The standard InChI is InChI=1S/C31H26N2O3.C30H26N2/c1-2-33-30(23-14-7-4-8-15-23)29(22-12-5-3-6-13-22)32-31(33)27-19-10-9-18-26(27)24-16-11-17-25(20-24)36-21-28(34)35;1-3-32-29(24-16-8-5-9-17-24)28(23-14-6-4-7-15-23)31-30(32)27-20-11-10-19-26(27)25-18-12-13-22(2)21-25/h3-20H,2,21H2,1H3,(H,34,35);4-21H,3H2,1-2H3. The van der Waals surface area contributed by atoms with E-state index >= 15 is 0 Å². The van der Waals surface area contributed by atoms with Gasteiger partial charge in [-0.3, -0.25) is 0 Å². The Hall–Kier alpha value is -8.55. The molecule has 7 nitrogen and oxygen atoms in total. The van der Waals surface area contributed by atoms with Gasteiger partial charge in [-0.25, -0.2) is 14.8 Å². The molecular formula is C61H52N4O3. The molecule has 0 unspecified atom stereocenters. The molecule has 8 aromatic carbocycles. The highest BCUT2D eigenvalue weighted by Crippen LogP contribution is 2.41. The second-order valence-electron chi connectivity index (χ2n) is 16.4. The number of hydrogen-bond donors (Lipinski definition) is 1. The molecule has 68 heavy (non-hydrogen) atoms. The number of carbonyl (C=O) groups is 1. The Bertz CT molecular complexity index is 3290. The summed E-state index contributed by atoms with van der Waals surface area (Å²) in [7, 11) is 0. The summed E-state index contributed by atoms with van der Waals surface area (Å²) in [6.07, 6.45) is 0. The zero-order valence-electron chi connectivity index (χ0n) is 38.5. The van der Waals surface area contributed by atoms with Crippen molar-refractivity contribution in [3.8, 4) is 95.8 Å². The lowest BCUT2D eigenvalue weighted by atomic mass is 9.98. The Morgan fingerprint density at radius 2 is 0.809 bits per heavy atom. The zero-order chi connectivity index (χ0) is 46.8. The van der Waals surface area contributed by atoms with Gasteiger partial charge in [-0.15, -0.1) is 0 Å². The maximum absolute atomic E-state index is 11.0. The molecule has 0 aliphatic carbocycles. The van der Waals surface area contributed by atoms with Crippen molar-refractivity contribution in [3.63, 3.8) is 0 Å². The molecule has 0 spiro atoms. The van der Waals surface area contributed by atoms with Crippen LogP contribution in [-0.2, 0) is 17.9 Å². The Morgan fingerprint density at radius 3 is 1.22 bits per heavy atom. The van der Waals surface area contributed by atoms with Gasteiger partial charge in [-0.05, 0) is 55.2 Å². The van der Waals surface area contributed by atoms with Crippen molar-refractivity contribution in [3.05, 3.63) is 224 Å². The number of aryl methyl sites for hydroxylation is 1. The van der Waals surface area contributed by atoms with Crippen LogP contribution < -0.4 is 4.74 Å². The number of nitrogens with zero attached hydrogens (tertiary/aromatic N) is 4. The molecule has 0 bridgehead atoms. The van der Waals surface area contributed by atoms with Gasteiger partial charge in [0, 0.05) is 46.5 Å². The number of ether oxygens (including phenoxy) is 1. The molecule has 1 N–H and O–H groups in total. The summed E-state index contributed by atoms with van der Waals surface area (Å²) in [5.41, 5.74) is 16.4. The number of aliphatic carboxylic acids is 1. The topological polar surface area (TPSA) is 82.2 Å². The molecule has 0 atom stereocenters. The van der Waals surface area contributed by atoms with E-state index < -0.39 is 5.97 Å². The Morgan fingerprint density at radius 1 is 0.441 bits per heavy atom. The van der Waals surface area contributed by atoms with Gasteiger partial charge in [-0.1, -0.05) is 212 Å². The average molecular weight is 889 g/mol. The fourth-order valence-corrected chi connectivity index (χ4v) is 8.88. The van der Waals surface area contributed by atoms with Crippen LogP contribution in [0.1, 0.15) is 19.4 Å². The van der Waals surface area contributed by atoms with Crippen LogP contribution in [0.25, 0.3) is 90.1 Å². The highest BCUT2D eigenvalue weighted by Gasteiger charge is 2.24. The van der Waals surface area contributed by atoms with E-state index in [1.807, 2.05) is 66.7 Å². The van der Waals surface area contributed by atoms with Crippen molar-refractivity contribution in [2.24, 2.45) is 0 Å². The summed E-state index contributed by atoms with van der Waals surface area (Å²) in [5, 5.41) is 8.99. The molecule has 10 aromatic rings. The Labute approximate surface area is 398 Å². The maximum Gasteiger partial charge on any atom is 0.341 e. The van der Waals surface area contributed by atoms with Gasteiger partial charge < -0.3 is 19.0 Å². The van der Waals surface area contributed by atoms with E-state index in [9.17, 15) is 4.79 Å². The first-order chi connectivity index (χ1) is 33.4. The van der Waals surface area contributed by atoms with E-state index in [-0.39, 0.29) is 6.61 Å². The molecule has 7 heteroatoms. The minimum absolute atomic E-state index is 0.383. The summed E-state index contributed by atoms with van der Waals surface area (Å²) < 4.78 is 10.1. The van der Waals surface area contributed by atoms with Crippen LogP contribution in [-0.4, -0.2) is 36.8 Å². The minimum Gasteiger partial charge on any atom is -0.482 e. The summed E-state index contributed by atoms with van der Waals surface area (Å²) in [5.74, 6) is 1.39. The SMILES string of the molecule is CCn1c(-c2ccccc2-c2cccc(C)c2)nc(-c2ccccc2)c1-c1ccccc1.CCn1c(-c2ccccc2-c2cccc(OCC(=O)O)c2)nc(-c2ccccc2)c1-c1ccccc1. The number of benzene rings is 8. The molecule has 0 aliphatic heterocycles. The summed E-state index contributed by atoms with van der Waals surface area (Å²) in [6.45, 7) is 7.67. The van der Waals surface area contributed by atoms with Crippen molar-refractivity contribution in [2.45, 2.75) is 33.9 Å². The number of hydrogen-bond acceptors (Lipinski definition) is 4. The molecule has 0 radical (unpaired) electrons. The predicted octanol–water partition coefficient (Wildman–Crippen LogP) is 14.9. The first-order valence-corrected chi connectivity index (χ1v) is 23.0. The van der Waals surface area contributed by atoms with Crippen LogP contribution in [0.5, 0.6) is 5.75 Å². The van der Waals surface area contributed by atoms with Crippen molar-refractivity contribution < 1.29 is 14.6 Å². The number of rotatable bonds is 13. The maximum atomic E-state index is 11.0.